The summed E-state index contributed by atoms with van der Waals surface area (Å²) in [6.07, 6.45) is 19.0. The number of benzene rings is 2. The summed E-state index contributed by atoms with van der Waals surface area (Å²) in [5, 5.41) is 8.67. The number of fused-ring (bicyclic) bond motifs is 1. The Hall–Kier alpha value is -2.03. The van der Waals surface area contributed by atoms with Crippen LogP contribution in [0.25, 0.3) is 10.8 Å². The molecule has 0 aliphatic carbocycles. The Balaban J connectivity index is 1.37. The number of hydrogen-bond donors (Lipinski definition) is 2. The third-order valence-electron chi connectivity index (χ3n) is 6.06. The van der Waals surface area contributed by atoms with Gasteiger partial charge in [0.25, 0.3) is 0 Å². The molecule has 2 rings (SSSR count). The van der Waals surface area contributed by atoms with Crippen LogP contribution in [0.2, 0.25) is 0 Å². The van der Waals surface area contributed by atoms with Gasteiger partial charge in [-0.2, -0.15) is 0 Å². The molecule has 3 heteroatoms. The molecule has 1 amide bonds. The Kier molecular flexibility index (Phi) is 13.5. The molecule has 2 aromatic rings. The summed E-state index contributed by atoms with van der Waals surface area (Å²) in [7, 11) is 0. The SMILES string of the molecule is CCCCCCCCCCCCCCCCNC(=O)CNc1ccc2ccccc2c1. The van der Waals surface area contributed by atoms with Gasteiger partial charge in [0, 0.05) is 12.2 Å². The van der Waals surface area contributed by atoms with E-state index in [4.69, 9.17) is 0 Å². The minimum Gasteiger partial charge on any atom is -0.376 e. The van der Waals surface area contributed by atoms with Crippen molar-refractivity contribution in [2.45, 2.75) is 96.8 Å². The first kappa shape index (κ1) is 25.2. The first-order valence-electron chi connectivity index (χ1n) is 12.8. The molecule has 31 heavy (non-hydrogen) atoms. The first-order chi connectivity index (χ1) is 15.3. The molecule has 0 heterocycles. The van der Waals surface area contributed by atoms with Crippen molar-refractivity contribution in [1.82, 2.24) is 5.32 Å². The van der Waals surface area contributed by atoms with Crippen LogP contribution in [-0.4, -0.2) is 19.0 Å². The van der Waals surface area contributed by atoms with E-state index in [1.165, 1.54) is 94.2 Å². The molecule has 0 unspecified atom stereocenters. The summed E-state index contributed by atoms with van der Waals surface area (Å²) in [6.45, 7) is 3.40. The number of nitrogens with one attached hydrogen (secondary N) is 2. The maximum Gasteiger partial charge on any atom is 0.239 e. The molecule has 0 aromatic heterocycles. The molecule has 2 N–H and O–H groups in total. The Bertz CT molecular complexity index is 728. The van der Waals surface area contributed by atoms with Crippen LogP contribution in [0.3, 0.4) is 0 Å². The van der Waals surface area contributed by atoms with Crippen molar-refractivity contribution in [2.75, 3.05) is 18.4 Å². The molecule has 0 spiro atoms. The number of carbonyl (C=O) groups excluding carboxylic acids is 1. The highest BCUT2D eigenvalue weighted by Crippen LogP contribution is 2.18. The zero-order chi connectivity index (χ0) is 22.0. The molecule has 0 saturated heterocycles. The fourth-order valence-corrected chi connectivity index (χ4v) is 4.09. The van der Waals surface area contributed by atoms with Crippen molar-refractivity contribution in [2.24, 2.45) is 0 Å². The molecule has 0 bridgehead atoms. The van der Waals surface area contributed by atoms with Gasteiger partial charge in [0.1, 0.15) is 0 Å². The van der Waals surface area contributed by atoms with Crippen molar-refractivity contribution in [3.05, 3.63) is 42.5 Å². The third kappa shape index (κ3) is 11.8. The average Bonchev–Trinajstić information content (AvgIpc) is 2.80. The van der Waals surface area contributed by atoms with Gasteiger partial charge in [-0.1, -0.05) is 121 Å². The van der Waals surface area contributed by atoms with Crippen molar-refractivity contribution in [3.8, 4) is 0 Å². The second-order valence-corrected chi connectivity index (χ2v) is 8.86. The molecule has 0 atom stereocenters. The van der Waals surface area contributed by atoms with Crippen LogP contribution in [-0.2, 0) is 4.79 Å². The lowest BCUT2D eigenvalue weighted by molar-refractivity contribution is -0.119. The van der Waals surface area contributed by atoms with Crippen LogP contribution in [0.4, 0.5) is 5.69 Å². The smallest absolute Gasteiger partial charge is 0.239 e. The van der Waals surface area contributed by atoms with Crippen LogP contribution >= 0.6 is 0 Å². The predicted molar refractivity (Wildman–Crippen MR) is 136 cm³/mol. The van der Waals surface area contributed by atoms with E-state index in [9.17, 15) is 4.79 Å². The van der Waals surface area contributed by atoms with Gasteiger partial charge in [0.05, 0.1) is 6.54 Å². The van der Waals surface area contributed by atoms with E-state index in [1.807, 2.05) is 18.2 Å². The number of hydrogen-bond acceptors (Lipinski definition) is 2. The number of unbranched alkanes of at least 4 members (excludes halogenated alkanes) is 13. The van der Waals surface area contributed by atoms with E-state index in [1.54, 1.807) is 0 Å². The van der Waals surface area contributed by atoms with E-state index in [0.29, 0.717) is 6.54 Å². The highest BCUT2D eigenvalue weighted by atomic mass is 16.1. The van der Waals surface area contributed by atoms with Gasteiger partial charge in [-0.05, 0) is 29.3 Å². The lowest BCUT2D eigenvalue weighted by Crippen LogP contribution is -2.30. The molecule has 0 saturated carbocycles. The molecule has 3 nitrogen and oxygen atoms in total. The van der Waals surface area contributed by atoms with Crippen LogP contribution in [0, 0.1) is 0 Å². The summed E-state index contributed by atoms with van der Waals surface area (Å²) in [4.78, 5) is 12.0. The molecule has 0 radical (unpaired) electrons. The fraction of sp³-hybridized carbons (Fsp3) is 0.607. The molecule has 2 aromatic carbocycles. The van der Waals surface area contributed by atoms with Crippen LogP contribution < -0.4 is 10.6 Å². The molecule has 172 valence electrons. The molecule has 0 fully saturated rings. The maximum absolute atomic E-state index is 12.0. The highest BCUT2D eigenvalue weighted by Gasteiger charge is 2.02. The van der Waals surface area contributed by atoms with Crippen molar-refractivity contribution < 1.29 is 4.79 Å². The Morgan fingerprint density at radius 3 is 1.84 bits per heavy atom. The van der Waals surface area contributed by atoms with Gasteiger partial charge in [-0.25, -0.2) is 0 Å². The summed E-state index contributed by atoms with van der Waals surface area (Å²) < 4.78 is 0. The van der Waals surface area contributed by atoms with E-state index >= 15 is 0 Å². The monoisotopic (exact) mass is 424 g/mol. The van der Waals surface area contributed by atoms with E-state index in [-0.39, 0.29) is 5.91 Å². The van der Waals surface area contributed by atoms with Crippen molar-refractivity contribution in [1.29, 1.82) is 0 Å². The molecule has 0 aliphatic heterocycles. The van der Waals surface area contributed by atoms with E-state index in [2.05, 4.69) is 41.8 Å². The van der Waals surface area contributed by atoms with Crippen molar-refractivity contribution >= 4 is 22.4 Å². The average molecular weight is 425 g/mol. The number of amides is 1. The van der Waals surface area contributed by atoms with Crippen LogP contribution in [0.15, 0.2) is 42.5 Å². The van der Waals surface area contributed by atoms with Crippen molar-refractivity contribution in [3.63, 3.8) is 0 Å². The summed E-state index contributed by atoms with van der Waals surface area (Å²) in [6, 6.07) is 14.5. The summed E-state index contributed by atoms with van der Waals surface area (Å²) in [5.74, 6) is 0.0721. The van der Waals surface area contributed by atoms with Gasteiger partial charge in [-0.15, -0.1) is 0 Å². The number of carbonyl (C=O) groups is 1. The normalized spacial score (nSPS) is 11.0. The Labute approximate surface area is 190 Å². The summed E-state index contributed by atoms with van der Waals surface area (Å²) >= 11 is 0. The van der Waals surface area contributed by atoms with Gasteiger partial charge in [-0.3, -0.25) is 4.79 Å². The van der Waals surface area contributed by atoms with E-state index in [0.717, 1.165) is 18.7 Å². The topological polar surface area (TPSA) is 41.1 Å². The van der Waals surface area contributed by atoms with Gasteiger partial charge < -0.3 is 10.6 Å². The van der Waals surface area contributed by atoms with Crippen LogP contribution in [0.1, 0.15) is 96.8 Å². The Morgan fingerprint density at radius 2 is 1.23 bits per heavy atom. The second kappa shape index (κ2) is 16.6. The van der Waals surface area contributed by atoms with Crippen LogP contribution in [0.5, 0.6) is 0 Å². The zero-order valence-electron chi connectivity index (χ0n) is 19.8. The summed E-state index contributed by atoms with van der Waals surface area (Å²) in [5.41, 5.74) is 0.991. The second-order valence-electron chi connectivity index (χ2n) is 8.86. The third-order valence-corrected chi connectivity index (χ3v) is 6.06. The fourth-order valence-electron chi connectivity index (χ4n) is 4.09. The van der Waals surface area contributed by atoms with Gasteiger partial charge in [0.15, 0.2) is 0 Å². The lowest BCUT2D eigenvalue weighted by atomic mass is 10.0. The zero-order valence-corrected chi connectivity index (χ0v) is 19.8. The van der Waals surface area contributed by atoms with Gasteiger partial charge in [0.2, 0.25) is 5.91 Å². The largest absolute Gasteiger partial charge is 0.376 e. The minimum atomic E-state index is 0.0721. The maximum atomic E-state index is 12.0. The molecular formula is C28H44N2O. The predicted octanol–water partition coefficient (Wildman–Crippen LogP) is 7.85. The van der Waals surface area contributed by atoms with Gasteiger partial charge >= 0.3 is 0 Å². The standard InChI is InChI=1S/C28H44N2O/c1-2-3-4-5-6-7-8-9-10-11-12-13-14-17-22-29-28(31)24-30-27-21-20-25-18-15-16-19-26(25)23-27/h15-16,18-21,23,30H,2-14,17,22,24H2,1H3,(H,29,31). The molecule has 0 aliphatic rings. The highest BCUT2D eigenvalue weighted by molar-refractivity contribution is 5.87. The quantitative estimate of drug-likeness (QED) is 0.239. The number of anilines is 1. The van der Waals surface area contributed by atoms with E-state index < -0.39 is 0 Å². The minimum absolute atomic E-state index is 0.0721. The first-order valence-corrected chi connectivity index (χ1v) is 12.8. The Morgan fingerprint density at radius 1 is 0.677 bits per heavy atom. The lowest BCUT2D eigenvalue weighted by Gasteiger charge is -2.09. The molecular weight excluding hydrogens is 380 g/mol. The number of rotatable bonds is 18.